The lowest BCUT2D eigenvalue weighted by Crippen LogP contribution is -2.64. The smallest absolute Gasteiger partial charge is 0.249 e. The largest absolute Gasteiger partial charge is 0.481 e. The lowest BCUT2D eigenvalue weighted by molar-refractivity contribution is -0.179. The summed E-state index contributed by atoms with van der Waals surface area (Å²) in [5, 5.41) is 0. The van der Waals surface area contributed by atoms with Gasteiger partial charge >= 0.3 is 0 Å². The van der Waals surface area contributed by atoms with Crippen LogP contribution in [0.4, 0.5) is 5.82 Å². The first-order chi connectivity index (χ1) is 11.6. The molecule has 1 amide bonds. The number of carbonyl (C=O) groups is 1. The molecule has 2 aliphatic rings. The van der Waals surface area contributed by atoms with E-state index in [2.05, 4.69) is 28.4 Å². The van der Waals surface area contributed by atoms with Crippen LogP contribution in [-0.2, 0) is 9.53 Å². The lowest BCUT2D eigenvalue weighted by Gasteiger charge is -2.51. The molecular formula is C17H24N4O3. The van der Waals surface area contributed by atoms with Gasteiger partial charge in [-0.1, -0.05) is 6.08 Å². The Kier molecular flexibility index (Phi) is 4.71. The standard InChI is InChI=1S/C17H24N4O3/c1-4-7-21-13(2)17(24-11-16(21)22)5-8-20(9-6-17)14-10-15(23-3)19-12-18-14/h4,10,12-13H,1,5-9,11H2,2-3H3. The molecule has 1 aromatic rings. The van der Waals surface area contributed by atoms with E-state index in [-0.39, 0.29) is 24.2 Å². The molecule has 3 heterocycles. The maximum Gasteiger partial charge on any atom is 0.249 e. The van der Waals surface area contributed by atoms with Gasteiger partial charge in [-0.2, -0.15) is 0 Å². The highest BCUT2D eigenvalue weighted by Gasteiger charge is 2.47. The van der Waals surface area contributed by atoms with Gasteiger partial charge in [0.05, 0.1) is 18.8 Å². The summed E-state index contributed by atoms with van der Waals surface area (Å²) in [5.41, 5.74) is -0.287. The van der Waals surface area contributed by atoms with Crippen LogP contribution in [0.2, 0.25) is 0 Å². The first-order valence-electron chi connectivity index (χ1n) is 8.25. The number of nitrogens with zero attached hydrogens (tertiary/aromatic N) is 4. The molecule has 1 unspecified atom stereocenters. The average Bonchev–Trinajstić information content (AvgIpc) is 2.63. The molecule has 0 bridgehead atoms. The number of anilines is 1. The fourth-order valence-corrected chi connectivity index (χ4v) is 3.60. The van der Waals surface area contributed by atoms with Crippen molar-refractivity contribution in [1.82, 2.24) is 14.9 Å². The quantitative estimate of drug-likeness (QED) is 0.773. The highest BCUT2D eigenvalue weighted by Crippen LogP contribution is 2.36. The first-order valence-corrected chi connectivity index (χ1v) is 8.25. The van der Waals surface area contributed by atoms with Crippen molar-refractivity contribution in [3.63, 3.8) is 0 Å². The molecule has 0 saturated carbocycles. The number of rotatable bonds is 4. The van der Waals surface area contributed by atoms with Crippen LogP contribution in [0, 0.1) is 0 Å². The SMILES string of the molecule is C=CCN1C(=O)COC2(CCN(c3cc(OC)ncn3)CC2)C1C. The topological polar surface area (TPSA) is 67.8 Å². The second-order valence-electron chi connectivity index (χ2n) is 6.27. The average molecular weight is 332 g/mol. The van der Waals surface area contributed by atoms with Crippen molar-refractivity contribution in [3.8, 4) is 5.88 Å². The fourth-order valence-electron chi connectivity index (χ4n) is 3.60. The van der Waals surface area contributed by atoms with Crippen molar-refractivity contribution in [2.75, 3.05) is 38.3 Å². The molecule has 0 aromatic carbocycles. The molecule has 2 fully saturated rings. The van der Waals surface area contributed by atoms with E-state index in [4.69, 9.17) is 9.47 Å². The van der Waals surface area contributed by atoms with Crippen molar-refractivity contribution in [2.24, 2.45) is 0 Å². The van der Waals surface area contributed by atoms with Gasteiger partial charge in [-0.15, -0.1) is 6.58 Å². The number of aromatic nitrogens is 2. The molecular weight excluding hydrogens is 308 g/mol. The summed E-state index contributed by atoms with van der Waals surface area (Å²) < 4.78 is 11.2. The molecule has 0 N–H and O–H groups in total. The summed E-state index contributed by atoms with van der Waals surface area (Å²) in [4.78, 5) is 24.6. The van der Waals surface area contributed by atoms with Gasteiger partial charge in [0.25, 0.3) is 0 Å². The second-order valence-corrected chi connectivity index (χ2v) is 6.27. The third kappa shape index (κ3) is 2.96. The van der Waals surface area contributed by atoms with Gasteiger partial charge in [-0.25, -0.2) is 9.97 Å². The van der Waals surface area contributed by atoms with Crippen molar-refractivity contribution in [3.05, 3.63) is 25.0 Å². The molecule has 1 aromatic heterocycles. The van der Waals surface area contributed by atoms with E-state index in [1.165, 1.54) is 6.33 Å². The van der Waals surface area contributed by atoms with Gasteiger partial charge < -0.3 is 19.3 Å². The summed E-state index contributed by atoms with van der Waals surface area (Å²) in [6.07, 6.45) is 4.99. The highest BCUT2D eigenvalue weighted by atomic mass is 16.5. The Bertz CT molecular complexity index is 614. The summed E-state index contributed by atoms with van der Waals surface area (Å²) in [5.74, 6) is 1.46. The molecule has 2 saturated heterocycles. The molecule has 1 atom stereocenters. The number of amides is 1. The van der Waals surface area contributed by atoms with Crippen LogP contribution in [-0.4, -0.2) is 65.8 Å². The second kappa shape index (κ2) is 6.76. The lowest BCUT2D eigenvalue weighted by atomic mass is 9.82. The van der Waals surface area contributed by atoms with E-state index in [9.17, 15) is 4.79 Å². The Morgan fingerprint density at radius 1 is 1.46 bits per heavy atom. The number of ether oxygens (including phenoxy) is 2. The van der Waals surface area contributed by atoms with Crippen LogP contribution in [0.5, 0.6) is 5.88 Å². The minimum Gasteiger partial charge on any atom is -0.481 e. The normalized spacial score (nSPS) is 23.4. The predicted octanol–water partition coefficient (Wildman–Crippen LogP) is 1.26. The van der Waals surface area contributed by atoms with Gasteiger partial charge in [-0.3, -0.25) is 4.79 Å². The van der Waals surface area contributed by atoms with Gasteiger partial charge in [0.2, 0.25) is 11.8 Å². The molecule has 0 aliphatic carbocycles. The molecule has 2 aliphatic heterocycles. The first kappa shape index (κ1) is 16.7. The molecule has 3 rings (SSSR count). The van der Waals surface area contributed by atoms with E-state index in [0.717, 1.165) is 31.7 Å². The number of hydrogen-bond donors (Lipinski definition) is 0. The zero-order chi connectivity index (χ0) is 17.2. The van der Waals surface area contributed by atoms with E-state index in [1.807, 2.05) is 11.0 Å². The van der Waals surface area contributed by atoms with Crippen molar-refractivity contribution in [2.45, 2.75) is 31.4 Å². The minimum absolute atomic E-state index is 0.0380. The maximum absolute atomic E-state index is 12.1. The van der Waals surface area contributed by atoms with E-state index < -0.39 is 0 Å². The molecule has 7 nitrogen and oxygen atoms in total. The zero-order valence-electron chi connectivity index (χ0n) is 14.3. The van der Waals surface area contributed by atoms with Gasteiger partial charge in [0.15, 0.2) is 0 Å². The van der Waals surface area contributed by atoms with Gasteiger partial charge in [0.1, 0.15) is 18.8 Å². The third-order valence-electron chi connectivity index (χ3n) is 5.13. The van der Waals surface area contributed by atoms with Crippen molar-refractivity contribution < 1.29 is 14.3 Å². The Morgan fingerprint density at radius 3 is 2.88 bits per heavy atom. The predicted molar refractivity (Wildman–Crippen MR) is 90.1 cm³/mol. The molecule has 7 heteroatoms. The van der Waals surface area contributed by atoms with Gasteiger partial charge in [-0.05, 0) is 19.8 Å². The number of morpholine rings is 1. The summed E-state index contributed by atoms with van der Waals surface area (Å²) >= 11 is 0. The van der Waals surface area contributed by atoms with Gasteiger partial charge in [0, 0.05) is 25.7 Å². The van der Waals surface area contributed by atoms with Crippen molar-refractivity contribution in [1.29, 1.82) is 0 Å². The Morgan fingerprint density at radius 2 is 2.21 bits per heavy atom. The zero-order valence-corrected chi connectivity index (χ0v) is 14.3. The molecule has 1 spiro atoms. The van der Waals surface area contributed by atoms with Crippen LogP contribution >= 0.6 is 0 Å². The van der Waals surface area contributed by atoms with E-state index in [1.54, 1.807) is 13.2 Å². The minimum atomic E-state index is -0.287. The number of methoxy groups -OCH3 is 1. The van der Waals surface area contributed by atoms with Crippen LogP contribution in [0.25, 0.3) is 0 Å². The number of carbonyl (C=O) groups excluding carboxylic acids is 1. The Balaban J connectivity index is 1.71. The third-order valence-corrected chi connectivity index (χ3v) is 5.13. The maximum atomic E-state index is 12.1. The van der Waals surface area contributed by atoms with Crippen LogP contribution in [0.1, 0.15) is 19.8 Å². The monoisotopic (exact) mass is 332 g/mol. The molecule has 130 valence electrons. The summed E-state index contributed by atoms with van der Waals surface area (Å²) in [7, 11) is 1.60. The Labute approximate surface area is 142 Å². The Hall–Kier alpha value is -2.15. The van der Waals surface area contributed by atoms with Crippen LogP contribution in [0.3, 0.4) is 0 Å². The van der Waals surface area contributed by atoms with E-state index >= 15 is 0 Å². The van der Waals surface area contributed by atoms with Crippen LogP contribution in [0.15, 0.2) is 25.0 Å². The molecule has 24 heavy (non-hydrogen) atoms. The summed E-state index contributed by atoms with van der Waals surface area (Å²) in [6, 6.07) is 1.88. The fraction of sp³-hybridized carbons (Fsp3) is 0.588. The molecule has 0 radical (unpaired) electrons. The highest BCUT2D eigenvalue weighted by molar-refractivity contribution is 5.79. The van der Waals surface area contributed by atoms with E-state index in [0.29, 0.717) is 12.4 Å². The number of hydrogen-bond acceptors (Lipinski definition) is 6. The van der Waals surface area contributed by atoms with Crippen molar-refractivity contribution >= 4 is 11.7 Å². The van der Waals surface area contributed by atoms with Crippen LogP contribution < -0.4 is 9.64 Å². The summed E-state index contributed by atoms with van der Waals surface area (Å²) in [6.45, 7) is 8.19. The number of piperidine rings is 1.